The highest BCUT2D eigenvalue weighted by Gasteiger charge is 2.31. The number of ether oxygens (including phenoxy) is 7. The SMILES string of the molecule is CCCCCc1ccc(-c2c(Cl)ccc(Oc3ccnc(Sc4ccc(Cl)cc4)c3-c3c(Cl)ccc(Oc4cc(OC)c(Oc5ccc(Cl)cc5C)c(-c5c(C)cccc5C)c4OC)c3C)c2C)c(Oc2ccc(Cl)c(-c3ccc(F)c(F)c3Oc3ccc(Cl)cc3C)c2C)c1. The minimum Gasteiger partial charge on any atom is -0.493 e. The molecule has 8 nitrogen and oxygen atoms in total. The molecule has 11 rings (SSSR count). The number of rotatable bonds is 22. The largest absolute Gasteiger partial charge is 0.493 e. The first-order valence-electron chi connectivity index (χ1n) is 30.9. The molecule has 0 N–H and O–H groups in total. The molecule has 1 aromatic heterocycles. The fraction of sp³-hybridized carbons (Fsp3) is 0.177. The second-order valence-corrected chi connectivity index (χ2v) is 26.7. The van der Waals surface area contributed by atoms with E-state index in [1.165, 1.54) is 17.8 Å². The molecule has 0 fully saturated rings. The zero-order chi connectivity index (χ0) is 68.2. The van der Waals surface area contributed by atoms with Crippen LogP contribution < -0.4 is 33.2 Å². The van der Waals surface area contributed by atoms with Gasteiger partial charge in [0, 0.05) is 91.8 Å². The average molecular weight is 1420 g/mol. The van der Waals surface area contributed by atoms with Gasteiger partial charge in [0.2, 0.25) is 5.82 Å². The van der Waals surface area contributed by atoms with Crippen molar-refractivity contribution in [3.05, 3.63) is 250 Å². The Morgan fingerprint density at radius 2 is 0.927 bits per heavy atom. The first-order valence-corrected chi connectivity index (χ1v) is 33.9. The van der Waals surface area contributed by atoms with E-state index >= 15 is 8.78 Å². The lowest BCUT2D eigenvalue weighted by molar-refractivity contribution is 0.355. The van der Waals surface area contributed by atoms with Gasteiger partial charge in [-0.1, -0.05) is 131 Å². The van der Waals surface area contributed by atoms with Crippen LogP contribution in [0.1, 0.15) is 70.7 Å². The van der Waals surface area contributed by atoms with Crippen LogP contribution in [0.4, 0.5) is 8.78 Å². The minimum absolute atomic E-state index is 0.208. The Labute approximate surface area is 592 Å². The first-order chi connectivity index (χ1) is 46.2. The topological polar surface area (TPSA) is 77.5 Å². The van der Waals surface area contributed by atoms with Crippen molar-refractivity contribution in [2.24, 2.45) is 0 Å². The van der Waals surface area contributed by atoms with Gasteiger partial charge in [-0.05, 0) is 216 Å². The van der Waals surface area contributed by atoms with Crippen LogP contribution in [-0.4, -0.2) is 19.2 Å². The standard InChI is InChI=1S/C79H65Cl6F2NO7S/c1-11-12-13-17-49-18-25-54(66(40-49)92-63-34-28-57(84)71(47(63)7)55-26-30-59(86)75(87)76(55)94-60-31-21-51(81)38-44(60)4)70-46(6)62(33-27-56(70)83)91-65-36-37-88-79(96-53-23-19-50(80)20-24-53)73(65)72-48(8)64(35-29-58(72)85)93-68-41-67(89-9)78(95-61-32-22-52(82)39-45(61)5)74(77(68)90-10)69-42(2)15-14-16-43(69)3/h14-16,18-41H,11-13,17H2,1-10H3. The molecule has 10 aromatic carbocycles. The number of hydrogen-bond donors (Lipinski definition) is 0. The summed E-state index contributed by atoms with van der Waals surface area (Å²) in [7, 11) is 3.18. The van der Waals surface area contributed by atoms with Gasteiger partial charge >= 0.3 is 0 Å². The van der Waals surface area contributed by atoms with Crippen LogP contribution >= 0.6 is 81.4 Å². The maximum absolute atomic E-state index is 16.1. The quantitative estimate of drug-likeness (QED) is 0.0617. The third-order valence-electron chi connectivity index (χ3n) is 16.6. The van der Waals surface area contributed by atoms with E-state index in [2.05, 4.69) is 13.0 Å². The van der Waals surface area contributed by atoms with Crippen LogP contribution in [0, 0.1) is 60.1 Å². The molecule has 17 heteroatoms. The summed E-state index contributed by atoms with van der Waals surface area (Å²) in [5, 5.41) is 3.24. The monoisotopic (exact) mass is 1420 g/mol. The van der Waals surface area contributed by atoms with E-state index < -0.39 is 11.6 Å². The number of unbranched alkanes of at least 4 members (excludes halogenated alkanes) is 2. The fourth-order valence-electron chi connectivity index (χ4n) is 11.7. The summed E-state index contributed by atoms with van der Waals surface area (Å²) in [6, 6.07) is 46.6. The highest BCUT2D eigenvalue weighted by Crippen LogP contribution is 2.56. The third-order valence-corrected chi connectivity index (χ3v) is 19.3. The van der Waals surface area contributed by atoms with E-state index in [9.17, 15) is 0 Å². The predicted octanol–water partition coefficient (Wildman–Crippen LogP) is 27.0. The second kappa shape index (κ2) is 30.1. The Hall–Kier alpha value is -8.10. The lowest BCUT2D eigenvalue weighted by atomic mass is 9.93. The molecule has 0 bridgehead atoms. The molecule has 0 aliphatic heterocycles. The molecule has 1 heterocycles. The van der Waals surface area contributed by atoms with Gasteiger partial charge in [0.05, 0.1) is 25.3 Å². The summed E-state index contributed by atoms with van der Waals surface area (Å²) >= 11 is 42.4. The maximum Gasteiger partial charge on any atom is 0.201 e. The van der Waals surface area contributed by atoms with Gasteiger partial charge < -0.3 is 33.2 Å². The molecule has 490 valence electrons. The van der Waals surface area contributed by atoms with Crippen LogP contribution in [0.5, 0.6) is 69.0 Å². The first kappa shape index (κ1) is 69.3. The lowest BCUT2D eigenvalue weighted by Crippen LogP contribution is -2.03. The molecule has 96 heavy (non-hydrogen) atoms. The number of hydrogen-bond acceptors (Lipinski definition) is 9. The summed E-state index contributed by atoms with van der Waals surface area (Å²) < 4.78 is 78.2. The predicted molar refractivity (Wildman–Crippen MR) is 389 cm³/mol. The summed E-state index contributed by atoms with van der Waals surface area (Å²) in [5.74, 6) is 1.93. The van der Waals surface area contributed by atoms with Crippen LogP contribution in [0.15, 0.2) is 174 Å². The highest BCUT2D eigenvalue weighted by molar-refractivity contribution is 7.99. The van der Waals surface area contributed by atoms with Crippen molar-refractivity contribution in [3.63, 3.8) is 0 Å². The molecule has 0 amide bonds. The molecule has 0 saturated heterocycles. The number of pyridine rings is 1. The number of halogens is 8. The van der Waals surface area contributed by atoms with Gasteiger partial charge in [0.25, 0.3) is 0 Å². The Kier molecular flexibility index (Phi) is 21.7. The number of nitrogens with zero attached hydrogens (tertiary/aromatic N) is 1. The Morgan fingerprint density at radius 1 is 0.396 bits per heavy atom. The maximum atomic E-state index is 16.1. The zero-order valence-electron chi connectivity index (χ0n) is 54.2. The summed E-state index contributed by atoms with van der Waals surface area (Å²) in [5.41, 5.74) is 10.8. The lowest BCUT2D eigenvalue weighted by Gasteiger charge is -2.24. The molecular weight excluding hydrogens is 1360 g/mol. The number of aromatic nitrogens is 1. The van der Waals surface area contributed by atoms with Gasteiger partial charge in [-0.2, -0.15) is 4.39 Å². The van der Waals surface area contributed by atoms with E-state index in [-0.39, 0.29) is 22.1 Å². The van der Waals surface area contributed by atoms with Gasteiger partial charge in [-0.15, -0.1) is 0 Å². The fourth-order valence-corrected chi connectivity index (χ4v) is 14.1. The molecular formula is C79H65Cl6F2NO7S. The van der Waals surface area contributed by atoms with E-state index in [0.29, 0.717) is 143 Å². The normalized spacial score (nSPS) is 11.2. The van der Waals surface area contributed by atoms with Gasteiger partial charge in [0.15, 0.2) is 34.6 Å². The Morgan fingerprint density at radius 3 is 1.51 bits per heavy atom. The average Bonchev–Trinajstić information content (AvgIpc) is 0.768. The van der Waals surface area contributed by atoms with Crippen LogP contribution in [0.25, 0.3) is 44.5 Å². The molecule has 0 aliphatic carbocycles. The van der Waals surface area contributed by atoms with Crippen LogP contribution in [-0.2, 0) is 6.42 Å². The summed E-state index contributed by atoms with van der Waals surface area (Å²) in [6.45, 7) is 15.6. The van der Waals surface area contributed by atoms with Crippen molar-refractivity contribution < 1.29 is 41.9 Å². The minimum atomic E-state index is -1.19. The Bertz CT molecular complexity index is 4780. The number of methoxy groups -OCH3 is 2. The van der Waals surface area contributed by atoms with E-state index in [1.54, 1.807) is 88.0 Å². The Balaban J connectivity index is 1.03. The van der Waals surface area contributed by atoms with Crippen molar-refractivity contribution in [1.29, 1.82) is 0 Å². The van der Waals surface area contributed by atoms with Crippen LogP contribution in [0.2, 0.25) is 30.1 Å². The van der Waals surface area contributed by atoms with E-state index in [0.717, 1.165) is 64.5 Å². The molecule has 0 spiro atoms. The molecule has 11 aromatic rings. The molecule has 0 radical (unpaired) electrons. The molecule has 0 saturated carbocycles. The number of aryl methyl sites for hydroxylation is 5. The third kappa shape index (κ3) is 14.6. The van der Waals surface area contributed by atoms with Crippen molar-refractivity contribution in [2.75, 3.05) is 14.2 Å². The van der Waals surface area contributed by atoms with Crippen molar-refractivity contribution in [3.8, 4) is 114 Å². The highest BCUT2D eigenvalue weighted by atomic mass is 35.5. The summed E-state index contributed by atoms with van der Waals surface area (Å²) in [4.78, 5) is 5.85. The van der Waals surface area contributed by atoms with Gasteiger partial charge in [-0.3, -0.25) is 0 Å². The molecule has 0 atom stereocenters. The van der Waals surface area contributed by atoms with Crippen molar-refractivity contribution in [2.45, 2.75) is 91.0 Å². The van der Waals surface area contributed by atoms with E-state index in [1.807, 2.05) is 120 Å². The van der Waals surface area contributed by atoms with Gasteiger partial charge in [-0.25, -0.2) is 9.37 Å². The zero-order valence-corrected chi connectivity index (χ0v) is 59.5. The van der Waals surface area contributed by atoms with Crippen molar-refractivity contribution >= 4 is 81.4 Å². The van der Waals surface area contributed by atoms with Crippen molar-refractivity contribution in [1.82, 2.24) is 4.98 Å². The molecule has 0 aliphatic rings. The van der Waals surface area contributed by atoms with Crippen LogP contribution in [0.3, 0.4) is 0 Å². The summed E-state index contributed by atoms with van der Waals surface area (Å²) in [6.07, 6.45) is 5.48. The molecule has 0 unspecified atom stereocenters. The second-order valence-electron chi connectivity index (χ2n) is 23.1. The van der Waals surface area contributed by atoms with Gasteiger partial charge in [0.1, 0.15) is 45.3 Å². The number of benzene rings is 10. The van der Waals surface area contributed by atoms with E-state index in [4.69, 9.17) is 108 Å². The smallest absolute Gasteiger partial charge is 0.201 e.